The summed E-state index contributed by atoms with van der Waals surface area (Å²) in [5.41, 5.74) is 4.13. The Morgan fingerprint density at radius 2 is 1.75 bits per heavy atom. The molecule has 0 aromatic heterocycles. The average Bonchev–Trinajstić information content (AvgIpc) is 2.63. The van der Waals surface area contributed by atoms with Crippen LogP contribution in [0.3, 0.4) is 0 Å². The molecule has 1 aliphatic rings. The van der Waals surface area contributed by atoms with Crippen LogP contribution in [0.5, 0.6) is 0 Å². The molecule has 1 heterocycles. The molecule has 0 unspecified atom stereocenters. The van der Waals surface area contributed by atoms with E-state index in [9.17, 15) is 18.4 Å². The zero-order chi connectivity index (χ0) is 20.7. The number of benzene rings is 2. The third kappa shape index (κ3) is 3.68. The Hall–Kier alpha value is -3.00. The summed E-state index contributed by atoms with van der Waals surface area (Å²) in [7, 11) is 2.04. The lowest BCUT2D eigenvalue weighted by Crippen LogP contribution is -2.42. The molecule has 2 aromatic carbocycles. The predicted octanol–water partition coefficient (Wildman–Crippen LogP) is 6.40. The van der Waals surface area contributed by atoms with Gasteiger partial charge >= 0.3 is 6.18 Å². The molecule has 144 valence electrons. The van der Waals surface area contributed by atoms with Crippen LogP contribution in [0.2, 0.25) is 0 Å². The first-order chi connectivity index (χ1) is 13.0. The molecule has 0 radical (unpaired) electrons. The average molecular weight is 382 g/mol. The van der Waals surface area contributed by atoms with Gasteiger partial charge in [-0.2, -0.15) is 18.4 Å². The molecule has 0 saturated heterocycles. The second-order valence-electron chi connectivity index (χ2n) is 7.56. The van der Waals surface area contributed by atoms with Crippen molar-refractivity contribution in [3.63, 3.8) is 0 Å². The van der Waals surface area contributed by atoms with Gasteiger partial charge in [0.25, 0.3) is 0 Å². The van der Waals surface area contributed by atoms with Crippen molar-refractivity contribution in [2.75, 3.05) is 11.9 Å². The Bertz CT molecular complexity index is 1000. The minimum absolute atomic E-state index is 0.0908. The second-order valence-corrected chi connectivity index (χ2v) is 7.56. The summed E-state index contributed by atoms with van der Waals surface area (Å²) < 4.78 is 38.2. The molecule has 0 atom stereocenters. The van der Waals surface area contributed by atoms with E-state index in [1.165, 1.54) is 12.1 Å². The zero-order valence-corrected chi connectivity index (χ0v) is 16.2. The van der Waals surface area contributed by atoms with Crippen molar-refractivity contribution in [3.8, 4) is 6.07 Å². The van der Waals surface area contributed by atoms with Gasteiger partial charge in [0.05, 0.1) is 22.7 Å². The summed E-state index contributed by atoms with van der Waals surface area (Å²) in [4.78, 5) is 2.20. The zero-order valence-electron chi connectivity index (χ0n) is 16.2. The lowest BCUT2D eigenvalue weighted by atomic mass is 9.88. The van der Waals surface area contributed by atoms with E-state index in [4.69, 9.17) is 0 Å². The fourth-order valence-corrected chi connectivity index (χ4v) is 3.45. The Labute approximate surface area is 163 Å². The molecular formula is C23H21F3N2. The topological polar surface area (TPSA) is 27.0 Å². The number of rotatable bonds is 2. The normalized spacial score (nSPS) is 16.3. The van der Waals surface area contributed by atoms with Gasteiger partial charge in [-0.15, -0.1) is 0 Å². The number of anilines is 1. The van der Waals surface area contributed by atoms with Gasteiger partial charge in [-0.1, -0.05) is 24.3 Å². The van der Waals surface area contributed by atoms with Crippen LogP contribution in [0.15, 0.2) is 48.5 Å². The molecule has 1 aliphatic heterocycles. The molecule has 0 saturated carbocycles. The van der Waals surface area contributed by atoms with E-state index >= 15 is 0 Å². The second kappa shape index (κ2) is 6.87. The Morgan fingerprint density at radius 3 is 2.32 bits per heavy atom. The van der Waals surface area contributed by atoms with Crippen LogP contribution in [-0.4, -0.2) is 12.6 Å². The summed E-state index contributed by atoms with van der Waals surface area (Å²) >= 11 is 0. The van der Waals surface area contributed by atoms with Gasteiger partial charge in [0.2, 0.25) is 0 Å². The van der Waals surface area contributed by atoms with Gasteiger partial charge in [0.1, 0.15) is 0 Å². The molecular weight excluding hydrogens is 361 g/mol. The van der Waals surface area contributed by atoms with E-state index < -0.39 is 11.7 Å². The maximum atomic E-state index is 12.7. The number of halogens is 3. The summed E-state index contributed by atoms with van der Waals surface area (Å²) in [6, 6.07) is 12.7. The molecule has 0 aliphatic carbocycles. The number of alkyl halides is 3. The molecule has 2 nitrogen and oxygen atoms in total. The van der Waals surface area contributed by atoms with Crippen molar-refractivity contribution < 1.29 is 13.2 Å². The minimum atomic E-state index is -4.39. The molecule has 5 heteroatoms. The SMILES string of the molecule is CC1=CC(C)(C)N(C)c2ccc(/C=C(\C#N)c3ccc(C(F)(F)F)cc3)cc21. The van der Waals surface area contributed by atoms with E-state index in [1.54, 1.807) is 6.08 Å². The maximum absolute atomic E-state index is 12.7. The number of allylic oxidation sites excluding steroid dienone is 2. The fourth-order valence-electron chi connectivity index (χ4n) is 3.45. The standard InChI is InChI=1S/C23H21F3N2/c1-15-13-22(2,3)28(4)21-10-5-16(12-20(15)21)11-18(14-27)17-6-8-19(9-7-17)23(24,25)26/h5-13H,1-4H3/b18-11+. The number of hydrogen-bond acceptors (Lipinski definition) is 2. The molecule has 2 aromatic rings. The van der Waals surface area contributed by atoms with E-state index in [1.807, 2.05) is 25.2 Å². The van der Waals surface area contributed by atoms with Crippen LogP contribution in [0.4, 0.5) is 18.9 Å². The lowest BCUT2D eigenvalue weighted by Gasteiger charge is -2.40. The van der Waals surface area contributed by atoms with Crippen molar-refractivity contribution in [3.05, 3.63) is 70.8 Å². The first kappa shape index (κ1) is 19.8. The third-order valence-electron chi connectivity index (χ3n) is 5.20. The predicted molar refractivity (Wildman–Crippen MR) is 108 cm³/mol. The van der Waals surface area contributed by atoms with Gasteiger partial charge in [0.15, 0.2) is 0 Å². The largest absolute Gasteiger partial charge is 0.416 e. The van der Waals surface area contributed by atoms with Gasteiger partial charge in [-0.3, -0.25) is 0 Å². The van der Waals surface area contributed by atoms with Crippen LogP contribution in [0, 0.1) is 11.3 Å². The number of hydrogen-bond donors (Lipinski definition) is 0. The smallest absolute Gasteiger partial charge is 0.366 e. The van der Waals surface area contributed by atoms with Crippen molar-refractivity contribution in [2.24, 2.45) is 0 Å². The highest BCUT2D eigenvalue weighted by Gasteiger charge is 2.30. The summed E-state index contributed by atoms with van der Waals surface area (Å²) in [5, 5.41) is 9.51. The van der Waals surface area contributed by atoms with Crippen molar-refractivity contribution in [2.45, 2.75) is 32.5 Å². The van der Waals surface area contributed by atoms with E-state index in [2.05, 4.69) is 37.8 Å². The molecule has 0 fully saturated rings. The van der Waals surface area contributed by atoms with Crippen molar-refractivity contribution in [1.29, 1.82) is 5.26 Å². The van der Waals surface area contributed by atoms with Gasteiger partial charge in [0, 0.05) is 18.3 Å². The van der Waals surface area contributed by atoms with Crippen LogP contribution >= 0.6 is 0 Å². The molecule has 0 amide bonds. The summed E-state index contributed by atoms with van der Waals surface area (Å²) in [6.45, 7) is 6.35. The monoisotopic (exact) mass is 382 g/mol. The van der Waals surface area contributed by atoms with Gasteiger partial charge < -0.3 is 4.90 Å². The minimum Gasteiger partial charge on any atom is -0.366 e. The summed E-state index contributed by atoms with van der Waals surface area (Å²) in [6.07, 6.45) is -0.489. The van der Waals surface area contributed by atoms with Crippen LogP contribution in [-0.2, 0) is 6.18 Å². The molecule has 0 bridgehead atoms. The Balaban J connectivity index is 1.99. The fraction of sp³-hybridized carbons (Fsp3) is 0.261. The number of nitriles is 1. The molecule has 28 heavy (non-hydrogen) atoms. The van der Waals surface area contributed by atoms with Crippen LogP contribution in [0.25, 0.3) is 17.2 Å². The van der Waals surface area contributed by atoms with E-state index in [0.29, 0.717) is 11.1 Å². The van der Waals surface area contributed by atoms with Crippen LogP contribution in [0.1, 0.15) is 43.0 Å². The molecule has 0 spiro atoms. The van der Waals surface area contributed by atoms with Gasteiger partial charge in [-0.05, 0) is 67.8 Å². The Morgan fingerprint density at radius 1 is 1.11 bits per heavy atom. The van der Waals surface area contributed by atoms with E-state index in [0.717, 1.165) is 34.5 Å². The first-order valence-electron chi connectivity index (χ1n) is 8.90. The highest BCUT2D eigenvalue weighted by molar-refractivity contribution is 5.91. The number of nitrogens with zero attached hydrogens (tertiary/aromatic N) is 2. The van der Waals surface area contributed by atoms with E-state index in [-0.39, 0.29) is 5.54 Å². The highest BCUT2D eigenvalue weighted by atomic mass is 19.4. The van der Waals surface area contributed by atoms with Crippen molar-refractivity contribution in [1.82, 2.24) is 0 Å². The lowest BCUT2D eigenvalue weighted by molar-refractivity contribution is -0.137. The number of likely N-dealkylation sites (N-methyl/N-ethyl adjacent to an activating group) is 1. The first-order valence-corrected chi connectivity index (χ1v) is 8.90. The maximum Gasteiger partial charge on any atom is 0.416 e. The van der Waals surface area contributed by atoms with Crippen molar-refractivity contribution >= 4 is 22.9 Å². The summed E-state index contributed by atoms with van der Waals surface area (Å²) in [5.74, 6) is 0. The quantitative estimate of drug-likeness (QED) is 0.444. The highest BCUT2D eigenvalue weighted by Crippen LogP contribution is 2.38. The molecule has 0 N–H and O–H groups in total. The third-order valence-corrected chi connectivity index (χ3v) is 5.20. The Kier molecular flexibility index (Phi) is 4.84. The van der Waals surface area contributed by atoms with Gasteiger partial charge in [-0.25, -0.2) is 0 Å². The van der Waals surface area contributed by atoms with Crippen LogP contribution < -0.4 is 4.90 Å². The number of fused-ring (bicyclic) bond motifs is 1. The molecule has 3 rings (SSSR count).